The maximum Gasteiger partial charge on any atom is 0.252 e. The third-order valence-corrected chi connectivity index (χ3v) is 6.70. The van der Waals surface area contributed by atoms with E-state index in [1.54, 1.807) is 7.11 Å². The van der Waals surface area contributed by atoms with Crippen LogP contribution < -0.4 is 14.8 Å². The lowest BCUT2D eigenvalue weighted by molar-refractivity contribution is -0.134. The Morgan fingerprint density at radius 2 is 1.75 bits per heavy atom. The predicted molar refractivity (Wildman–Crippen MR) is 151 cm³/mol. The van der Waals surface area contributed by atoms with Crippen LogP contribution >= 0.6 is 0 Å². The van der Waals surface area contributed by atoms with Gasteiger partial charge in [-0.25, -0.2) is 4.99 Å². The molecule has 40 heavy (non-hydrogen) atoms. The van der Waals surface area contributed by atoms with E-state index >= 15 is 0 Å². The van der Waals surface area contributed by atoms with Gasteiger partial charge in [0.1, 0.15) is 11.5 Å². The zero-order valence-electron chi connectivity index (χ0n) is 23.0. The Hall–Kier alpha value is -3.92. The SMILES string of the molecule is COc1cccc([C@H]2OC(c3ccc(OCCCO)cc3)=N[C@@]2(Cc2ccccc2)C(=O)NCC(OC)OC)c1. The molecule has 0 saturated carbocycles. The van der Waals surface area contributed by atoms with Crippen LogP contribution in [0, 0.1) is 0 Å². The maximum absolute atomic E-state index is 14.1. The van der Waals surface area contributed by atoms with Crippen LogP contribution in [-0.4, -0.2) is 69.8 Å². The summed E-state index contributed by atoms with van der Waals surface area (Å²) in [4.78, 5) is 19.2. The largest absolute Gasteiger partial charge is 0.497 e. The molecule has 0 spiro atoms. The van der Waals surface area contributed by atoms with Crippen molar-refractivity contribution in [2.24, 2.45) is 4.99 Å². The number of methoxy groups -OCH3 is 3. The smallest absolute Gasteiger partial charge is 0.252 e. The molecule has 1 amide bonds. The van der Waals surface area contributed by atoms with E-state index in [9.17, 15) is 4.79 Å². The second-order valence-corrected chi connectivity index (χ2v) is 9.34. The number of carbonyl (C=O) groups is 1. The molecule has 9 nitrogen and oxygen atoms in total. The van der Waals surface area contributed by atoms with Crippen molar-refractivity contribution < 1.29 is 33.6 Å². The molecule has 0 bridgehead atoms. The summed E-state index contributed by atoms with van der Waals surface area (Å²) in [6.07, 6.45) is -0.527. The molecule has 4 rings (SSSR count). The molecule has 1 aliphatic heterocycles. The van der Waals surface area contributed by atoms with Crippen LogP contribution in [-0.2, 0) is 25.4 Å². The van der Waals surface area contributed by atoms with Gasteiger partial charge in [0.15, 0.2) is 17.9 Å². The molecule has 9 heteroatoms. The van der Waals surface area contributed by atoms with E-state index in [4.69, 9.17) is 33.8 Å². The van der Waals surface area contributed by atoms with Gasteiger partial charge in [-0.05, 0) is 47.5 Å². The van der Waals surface area contributed by atoms with Crippen molar-refractivity contribution in [2.45, 2.75) is 30.8 Å². The van der Waals surface area contributed by atoms with Gasteiger partial charge in [0.05, 0.1) is 20.3 Å². The number of aliphatic imine (C=N–C) groups is 1. The van der Waals surface area contributed by atoms with Gasteiger partial charge in [-0.1, -0.05) is 42.5 Å². The van der Waals surface area contributed by atoms with E-state index in [0.29, 0.717) is 36.0 Å². The fourth-order valence-corrected chi connectivity index (χ4v) is 4.59. The van der Waals surface area contributed by atoms with Gasteiger partial charge < -0.3 is 34.1 Å². The molecule has 1 heterocycles. The molecule has 0 saturated heterocycles. The first-order chi connectivity index (χ1) is 19.5. The van der Waals surface area contributed by atoms with E-state index in [0.717, 1.165) is 11.1 Å². The van der Waals surface area contributed by atoms with Gasteiger partial charge in [0.25, 0.3) is 5.91 Å². The molecular formula is C31H36N2O7. The van der Waals surface area contributed by atoms with Gasteiger partial charge in [-0.2, -0.15) is 0 Å². The molecule has 0 unspecified atom stereocenters. The minimum absolute atomic E-state index is 0.0649. The van der Waals surface area contributed by atoms with Crippen molar-refractivity contribution in [2.75, 3.05) is 41.1 Å². The van der Waals surface area contributed by atoms with Crippen molar-refractivity contribution in [3.63, 3.8) is 0 Å². The lowest BCUT2D eigenvalue weighted by Gasteiger charge is -2.31. The zero-order chi connectivity index (χ0) is 28.4. The molecule has 0 aliphatic carbocycles. The summed E-state index contributed by atoms with van der Waals surface area (Å²) in [5.74, 6) is 1.34. The summed E-state index contributed by atoms with van der Waals surface area (Å²) in [5.41, 5.74) is 1.05. The van der Waals surface area contributed by atoms with Gasteiger partial charge in [0.2, 0.25) is 5.90 Å². The number of nitrogens with zero attached hydrogens (tertiary/aromatic N) is 1. The summed E-state index contributed by atoms with van der Waals surface area (Å²) in [5, 5.41) is 12.0. The van der Waals surface area contributed by atoms with E-state index in [1.807, 2.05) is 78.9 Å². The monoisotopic (exact) mass is 548 g/mol. The molecule has 2 N–H and O–H groups in total. The van der Waals surface area contributed by atoms with E-state index in [1.165, 1.54) is 14.2 Å². The Balaban J connectivity index is 1.77. The lowest BCUT2D eigenvalue weighted by Crippen LogP contribution is -2.51. The molecule has 0 radical (unpaired) electrons. The Morgan fingerprint density at radius 3 is 2.42 bits per heavy atom. The van der Waals surface area contributed by atoms with E-state index in [-0.39, 0.29) is 25.5 Å². The van der Waals surface area contributed by atoms with Crippen LogP contribution in [0.5, 0.6) is 11.5 Å². The molecule has 2 atom stereocenters. The summed E-state index contributed by atoms with van der Waals surface area (Å²) in [6, 6.07) is 24.5. The third kappa shape index (κ3) is 6.80. The minimum atomic E-state index is -1.34. The van der Waals surface area contributed by atoms with Crippen LogP contribution in [0.1, 0.15) is 29.2 Å². The highest BCUT2D eigenvalue weighted by Gasteiger charge is 2.53. The fraction of sp³-hybridized carbons (Fsp3) is 0.355. The Bertz CT molecular complexity index is 1260. The molecule has 0 fully saturated rings. The van der Waals surface area contributed by atoms with Crippen molar-refractivity contribution in [1.29, 1.82) is 0 Å². The number of benzene rings is 3. The van der Waals surface area contributed by atoms with Crippen molar-refractivity contribution in [3.8, 4) is 11.5 Å². The molecule has 1 aliphatic rings. The molecule has 3 aromatic rings. The average molecular weight is 549 g/mol. The highest BCUT2D eigenvalue weighted by Crippen LogP contribution is 2.43. The number of amides is 1. The van der Waals surface area contributed by atoms with Crippen LogP contribution in [0.4, 0.5) is 0 Å². The number of rotatable bonds is 14. The number of hydrogen-bond donors (Lipinski definition) is 2. The minimum Gasteiger partial charge on any atom is -0.497 e. The first kappa shape index (κ1) is 29.1. The number of hydrogen-bond acceptors (Lipinski definition) is 8. The van der Waals surface area contributed by atoms with E-state index < -0.39 is 17.9 Å². The Labute approximate surface area is 234 Å². The molecular weight excluding hydrogens is 512 g/mol. The second-order valence-electron chi connectivity index (χ2n) is 9.34. The molecule has 0 aromatic heterocycles. The third-order valence-electron chi connectivity index (χ3n) is 6.70. The number of ether oxygens (including phenoxy) is 5. The zero-order valence-corrected chi connectivity index (χ0v) is 23.0. The first-order valence-corrected chi connectivity index (χ1v) is 13.2. The maximum atomic E-state index is 14.1. The normalized spacial score (nSPS) is 18.2. The van der Waals surface area contributed by atoms with E-state index in [2.05, 4.69) is 5.32 Å². The van der Waals surface area contributed by atoms with Gasteiger partial charge in [-0.3, -0.25) is 4.79 Å². The lowest BCUT2D eigenvalue weighted by atomic mass is 9.82. The number of aliphatic hydroxyl groups excluding tert-OH is 1. The highest BCUT2D eigenvalue weighted by molar-refractivity contribution is 6.01. The van der Waals surface area contributed by atoms with Crippen LogP contribution in [0.3, 0.4) is 0 Å². The Morgan fingerprint density at radius 1 is 1.00 bits per heavy atom. The highest BCUT2D eigenvalue weighted by atomic mass is 16.7. The molecule has 3 aromatic carbocycles. The average Bonchev–Trinajstić information content (AvgIpc) is 3.39. The Kier molecular flexibility index (Phi) is 10.1. The van der Waals surface area contributed by atoms with Crippen molar-refractivity contribution in [3.05, 3.63) is 95.6 Å². The number of aliphatic hydroxyl groups is 1. The summed E-state index contributed by atoms with van der Waals surface area (Å²) >= 11 is 0. The molecule has 212 valence electrons. The van der Waals surface area contributed by atoms with Gasteiger partial charge in [0, 0.05) is 39.2 Å². The number of carbonyl (C=O) groups excluding carboxylic acids is 1. The number of nitrogens with one attached hydrogen (secondary N) is 1. The fourth-order valence-electron chi connectivity index (χ4n) is 4.59. The standard InChI is InChI=1S/C31H36N2O7/c1-36-26-12-7-11-24(19-26)28-31(20-22-9-5-4-6-10-22,30(35)32-21-27(37-2)38-3)33-29(40-28)23-13-15-25(16-14-23)39-18-8-17-34/h4-7,9-16,19,27-28,34H,8,17-18,20-21H2,1-3H3,(H,32,35)/t28-,31-/m1/s1. The quantitative estimate of drug-likeness (QED) is 0.234. The van der Waals surface area contributed by atoms with Crippen LogP contribution in [0.2, 0.25) is 0 Å². The van der Waals surface area contributed by atoms with Crippen LogP contribution in [0.15, 0.2) is 83.9 Å². The van der Waals surface area contributed by atoms with Crippen LogP contribution in [0.25, 0.3) is 0 Å². The summed E-state index contributed by atoms with van der Waals surface area (Å²) in [7, 11) is 4.64. The summed E-state index contributed by atoms with van der Waals surface area (Å²) in [6.45, 7) is 0.614. The topological polar surface area (TPSA) is 108 Å². The van der Waals surface area contributed by atoms with Gasteiger partial charge >= 0.3 is 0 Å². The first-order valence-electron chi connectivity index (χ1n) is 13.2. The van der Waals surface area contributed by atoms with Crippen molar-refractivity contribution >= 4 is 11.8 Å². The summed E-state index contributed by atoms with van der Waals surface area (Å²) < 4.78 is 28.3. The van der Waals surface area contributed by atoms with Crippen molar-refractivity contribution in [1.82, 2.24) is 5.32 Å². The predicted octanol–water partition coefficient (Wildman–Crippen LogP) is 3.69. The van der Waals surface area contributed by atoms with Gasteiger partial charge in [-0.15, -0.1) is 0 Å². The second kappa shape index (κ2) is 13.9.